The molecule has 0 aromatic heterocycles. The Morgan fingerprint density at radius 1 is 1.04 bits per heavy atom. The van der Waals surface area contributed by atoms with E-state index in [1.54, 1.807) is 11.8 Å². The number of halogens is 2. The quantitative estimate of drug-likeness (QED) is 0.565. The normalized spacial score (nSPS) is 14.0. The van der Waals surface area contributed by atoms with Crippen molar-refractivity contribution in [3.8, 4) is 11.5 Å². The molecule has 0 bridgehead atoms. The van der Waals surface area contributed by atoms with Crippen molar-refractivity contribution < 1.29 is 14.3 Å². The lowest BCUT2D eigenvalue weighted by molar-refractivity contribution is -0.116. The van der Waals surface area contributed by atoms with Crippen LogP contribution in [0.1, 0.15) is 14.4 Å². The Kier molecular flexibility index (Phi) is 7.34. The van der Waals surface area contributed by atoms with Crippen LogP contribution in [0.5, 0.6) is 11.5 Å². The van der Waals surface area contributed by atoms with Crippen LogP contribution in [0.15, 0.2) is 45.3 Å². The number of nitrogens with one attached hydrogen (secondary N) is 1. The first kappa shape index (κ1) is 20.6. The monoisotopic (exact) mass is 484 g/mol. The molecule has 26 heavy (non-hydrogen) atoms. The first-order valence-corrected chi connectivity index (χ1v) is 9.50. The maximum Gasteiger partial charge on any atom is 0.224 e. The number of fused-ring (bicyclic) bond motifs is 2. The molecular weight excluding hydrogens is 464 g/mol. The summed E-state index contributed by atoms with van der Waals surface area (Å²) in [7, 11) is 0. The number of rotatable bonds is 0. The third kappa shape index (κ3) is 4.92. The van der Waals surface area contributed by atoms with Crippen molar-refractivity contribution in [3.63, 3.8) is 0 Å². The fourth-order valence-electron chi connectivity index (χ4n) is 2.63. The third-order valence-corrected chi connectivity index (χ3v) is 4.77. The molecule has 2 heterocycles. The molecule has 0 atom stereocenters. The van der Waals surface area contributed by atoms with Gasteiger partial charge in [0.2, 0.25) is 5.91 Å². The van der Waals surface area contributed by atoms with Crippen LogP contribution in [0.2, 0.25) is 0 Å². The number of anilines is 2. The molecule has 140 valence electrons. The van der Waals surface area contributed by atoms with E-state index in [2.05, 4.69) is 37.2 Å². The van der Waals surface area contributed by atoms with Gasteiger partial charge in [-0.15, -0.1) is 0 Å². The topological polar surface area (TPSA) is 50.8 Å². The van der Waals surface area contributed by atoms with E-state index in [9.17, 15) is 4.79 Å². The molecule has 0 spiro atoms. The molecule has 0 unspecified atom stereocenters. The standard InChI is InChI=1S/C10H10BrNO2.C8H8BrNO.CH4/c1-7(13)12-4-5-14-10-3-2-8(11)6-9(10)12;9-6-1-2-8-7(5-6)10-3-4-11-8;/h2-3,6H,4-5H2,1H3;1-2,5,10H,3-4H2;1H4. The fraction of sp³-hybridized carbons (Fsp3) is 0.316. The van der Waals surface area contributed by atoms with Crippen molar-refractivity contribution >= 4 is 49.1 Å². The van der Waals surface area contributed by atoms with Crippen molar-refractivity contribution in [1.29, 1.82) is 0 Å². The van der Waals surface area contributed by atoms with E-state index in [-0.39, 0.29) is 13.3 Å². The average Bonchev–Trinajstić information content (AvgIpc) is 2.61. The number of nitrogens with zero attached hydrogens (tertiary/aromatic N) is 1. The van der Waals surface area contributed by atoms with E-state index in [0.717, 1.165) is 45.0 Å². The van der Waals surface area contributed by atoms with Gasteiger partial charge in [0.25, 0.3) is 0 Å². The summed E-state index contributed by atoms with van der Waals surface area (Å²) in [5.41, 5.74) is 1.92. The zero-order chi connectivity index (χ0) is 17.8. The van der Waals surface area contributed by atoms with Crippen molar-refractivity contribution in [1.82, 2.24) is 0 Å². The molecule has 0 saturated heterocycles. The summed E-state index contributed by atoms with van der Waals surface area (Å²) in [5.74, 6) is 1.77. The second kappa shape index (κ2) is 9.28. The molecular formula is C19H22Br2N2O3. The molecule has 2 aromatic rings. The highest BCUT2D eigenvalue weighted by molar-refractivity contribution is 9.10. The minimum atomic E-state index is 0. The Bertz CT molecular complexity index is 783. The van der Waals surface area contributed by atoms with Crippen LogP contribution in [0.25, 0.3) is 0 Å². The molecule has 7 heteroatoms. The first-order valence-electron chi connectivity index (χ1n) is 7.91. The molecule has 0 radical (unpaired) electrons. The predicted octanol–water partition coefficient (Wildman–Crippen LogP) is 5.08. The summed E-state index contributed by atoms with van der Waals surface area (Å²) in [6.45, 7) is 4.40. The average molecular weight is 486 g/mol. The van der Waals surface area contributed by atoms with Crippen molar-refractivity contribution in [2.24, 2.45) is 0 Å². The Labute approximate surface area is 170 Å². The van der Waals surface area contributed by atoms with Gasteiger partial charge in [0.15, 0.2) is 0 Å². The number of hydrogen-bond donors (Lipinski definition) is 1. The van der Waals surface area contributed by atoms with Crippen molar-refractivity contribution in [2.45, 2.75) is 14.4 Å². The van der Waals surface area contributed by atoms with Gasteiger partial charge in [-0.25, -0.2) is 0 Å². The van der Waals surface area contributed by atoms with Gasteiger partial charge in [0.1, 0.15) is 24.7 Å². The zero-order valence-corrected chi connectivity index (χ0v) is 16.9. The summed E-state index contributed by atoms with van der Waals surface area (Å²) in [4.78, 5) is 13.1. The lowest BCUT2D eigenvalue weighted by Crippen LogP contribution is -2.36. The number of hydrogen-bond acceptors (Lipinski definition) is 4. The maximum atomic E-state index is 11.3. The minimum absolute atomic E-state index is 0. The molecule has 2 aliphatic heterocycles. The van der Waals surface area contributed by atoms with E-state index < -0.39 is 0 Å². The third-order valence-electron chi connectivity index (χ3n) is 3.78. The maximum absolute atomic E-state index is 11.3. The van der Waals surface area contributed by atoms with Crippen LogP contribution in [0, 0.1) is 0 Å². The Balaban J connectivity index is 0.000000184. The van der Waals surface area contributed by atoms with Gasteiger partial charge >= 0.3 is 0 Å². The van der Waals surface area contributed by atoms with Gasteiger partial charge in [-0.05, 0) is 36.4 Å². The zero-order valence-electron chi connectivity index (χ0n) is 13.7. The smallest absolute Gasteiger partial charge is 0.224 e. The minimum Gasteiger partial charge on any atom is -0.490 e. The van der Waals surface area contributed by atoms with Crippen LogP contribution in [-0.4, -0.2) is 32.2 Å². The van der Waals surface area contributed by atoms with Crippen LogP contribution >= 0.6 is 31.9 Å². The summed E-state index contributed by atoms with van der Waals surface area (Å²) in [5, 5.41) is 3.25. The van der Waals surface area contributed by atoms with E-state index in [0.29, 0.717) is 13.2 Å². The summed E-state index contributed by atoms with van der Waals surface area (Å²) >= 11 is 6.77. The van der Waals surface area contributed by atoms with Gasteiger partial charge in [-0.1, -0.05) is 39.3 Å². The largest absolute Gasteiger partial charge is 0.490 e. The molecule has 1 amide bonds. The highest BCUT2D eigenvalue weighted by Gasteiger charge is 2.20. The van der Waals surface area contributed by atoms with Gasteiger partial charge in [-0.2, -0.15) is 0 Å². The van der Waals surface area contributed by atoms with Crippen LogP contribution in [0.3, 0.4) is 0 Å². The lowest BCUT2D eigenvalue weighted by Gasteiger charge is -2.28. The lowest BCUT2D eigenvalue weighted by atomic mass is 10.2. The van der Waals surface area contributed by atoms with Gasteiger partial charge in [0, 0.05) is 22.4 Å². The van der Waals surface area contributed by atoms with E-state index >= 15 is 0 Å². The van der Waals surface area contributed by atoms with E-state index in [4.69, 9.17) is 9.47 Å². The summed E-state index contributed by atoms with van der Waals surface area (Å²) < 4.78 is 12.9. The molecule has 0 saturated carbocycles. The second-order valence-electron chi connectivity index (χ2n) is 5.55. The van der Waals surface area contributed by atoms with Gasteiger partial charge < -0.3 is 19.7 Å². The van der Waals surface area contributed by atoms with Crippen LogP contribution in [-0.2, 0) is 4.79 Å². The van der Waals surface area contributed by atoms with Crippen LogP contribution < -0.4 is 19.7 Å². The van der Waals surface area contributed by atoms with Crippen LogP contribution in [0.4, 0.5) is 11.4 Å². The number of amides is 1. The second-order valence-corrected chi connectivity index (χ2v) is 7.38. The van der Waals surface area contributed by atoms with Crippen molar-refractivity contribution in [2.75, 3.05) is 36.5 Å². The van der Waals surface area contributed by atoms with Gasteiger partial charge in [-0.3, -0.25) is 4.79 Å². The number of carbonyl (C=O) groups is 1. The van der Waals surface area contributed by atoms with E-state index in [1.165, 1.54) is 0 Å². The first-order chi connectivity index (χ1) is 12.0. The Morgan fingerprint density at radius 3 is 2.42 bits per heavy atom. The van der Waals surface area contributed by atoms with Crippen molar-refractivity contribution in [3.05, 3.63) is 45.3 Å². The number of benzene rings is 2. The van der Waals surface area contributed by atoms with Gasteiger partial charge in [0.05, 0.1) is 17.9 Å². The summed E-state index contributed by atoms with van der Waals surface area (Å²) in [6, 6.07) is 11.6. The molecule has 4 rings (SSSR count). The molecule has 0 aliphatic carbocycles. The molecule has 5 nitrogen and oxygen atoms in total. The SMILES string of the molecule is Brc1ccc2c(c1)NCCO2.C.CC(=O)N1CCOc2ccc(Br)cc21. The highest BCUT2D eigenvalue weighted by atomic mass is 79.9. The number of carbonyl (C=O) groups excluding carboxylic acids is 1. The fourth-order valence-corrected chi connectivity index (χ4v) is 3.34. The Hall–Kier alpha value is -1.73. The number of ether oxygens (including phenoxy) is 2. The molecule has 2 aliphatic rings. The molecule has 2 aromatic carbocycles. The molecule has 0 fully saturated rings. The Morgan fingerprint density at radius 2 is 1.69 bits per heavy atom. The predicted molar refractivity (Wildman–Crippen MR) is 113 cm³/mol. The highest BCUT2D eigenvalue weighted by Crippen LogP contribution is 2.34. The molecule has 1 N–H and O–H groups in total. The van der Waals surface area contributed by atoms with E-state index in [1.807, 2.05) is 36.4 Å². The summed E-state index contributed by atoms with van der Waals surface area (Å²) in [6.07, 6.45) is 0.